The van der Waals surface area contributed by atoms with Gasteiger partial charge < -0.3 is 0 Å². The molecule has 4 aliphatic carbocycles. The van der Waals surface area contributed by atoms with Crippen molar-refractivity contribution in [1.29, 1.82) is 0 Å². The summed E-state index contributed by atoms with van der Waals surface area (Å²) in [7, 11) is 0. The van der Waals surface area contributed by atoms with Crippen molar-refractivity contribution < 1.29 is 0 Å². The van der Waals surface area contributed by atoms with Crippen molar-refractivity contribution in [2.45, 2.75) is 204 Å². The maximum Gasteiger partial charge on any atom is 0.0632 e. The Bertz CT molecular complexity index is 433. The molecule has 0 unspecified atom stereocenters. The van der Waals surface area contributed by atoms with Gasteiger partial charge in [0.15, 0.2) is 0 Å². The number of nitrogens with zero attached hydrogens (tertiary/aromatic N) is 2. The van der Waals surface area contributed by atoms with Crippen molar-refractivity contribution in [3.05, 3.63) is 0 Å². The summed E-state index contributed by atoms with van der Waals surface area (Å²) in [5, 5.41) is 0. The molecule has 0 heterocycles. The predicted octanol–water partition coefficient (Wildman–Crippen LogP) is 9.61. The van der Waals surface area contributed by atoms with Crippen molar-refractivity contribution in [2.75, 3.05) is 0 Å². The zero-order valence-electron chi connectivity index (χ0n) is 23.2. The van der Waals surface area contributed by atoms with Crippen LogP contribution in [0.1, 0.15) is 174 Å². The number of hydrogen-bond donors (Lipinski definition) is 0. The zero-order valence-corrected chi connectivity index (χ0v) is 23.2. The van der Waals surface area contributed by atoms with Crippen LogP contribution in [0.25, 0.3) is 0 Å². The van der Waals surface area contributed by atoms with Gasteiger partial charge in [-0.3, -0.25) is 9.80 Å². The lowest BCUT2D eigenvalue weighted by Crippen LogP contribution is -2.62. The molecule has 0 spiro atoms. The first kappa shape index (κ1) is 27.0. The van der Waals surface area contributed by atoms with Gasteiger partial charge >= 0.3 is 0 Å². The van der Waals surface area contributed by atoms with E-state index < -0.39 is 0 Å². The lowest BCUT2D eigenvalue weighted by Gasteiger charge is -2.55. The minimum atomic E-state index is 0.749. The Morgan fingerprint density at radius 2 is 0.765 bits per heavy atom. The van der Waals surface area contributed by atoms with Gasteiger partial charge in [-0.1, -0.05) is 116 Å². The predicted molar refractivity (Wildman–Crippen MR) is 148 cm³/mol. The molecule has 0 aromatic rings. The molecule has 4 rings (SSSR count). The molecule has 0 aromatic carbocycles. The van der Waals surface area contributed by atoms with Crippen LogP contribution in [0.5, 0.6) is 0 Å². The summed E-state index contributed by atoms with van der Waals surface area (Å²) in [6, 6.07) is 3.53. The summed E-state index contributed by atoms with van der Waals surface area (Å²) in [5.74, 6) is 0. The third-order valence-electron chi connectivity index (χ3n) is 10.2. The van der Waals surface area contributed by atoms with Gasteiger partial charge in [0.25, 0.3) is 0 Å². The minimum Gasteiger partial charge on any atom is -0.282 e. The topological polar surface area (TPSA) is 6.48 Å². The Labute approximate surface area is 214 Å². The number of rotatable bonds is 12. The first-order chi connectivity index (χ1) is 16.9. The molecule has 0 N–H and O–H groups in total. The van der Waals surface area contributed by atoms with Gasteiger partial charge in [-0.2, -0.15) is 0 Å². The summed E-state index contributed by atoms with van der Waals surface area (Å²) in [4.78, 5) is 6.53. The van der Waals surface area contributed by atoms with Crippen molar-refractivity contribution in [3.63, 3.8) is 0 Å². The Hall–Kier alpha value is -0.0800. The van der Waals surface area contributed by atoms with Gasteiger partial charge in [-0.05, 0) is 57.8 Å². The SMILES string of the molecule is CCCCCCCC(N(C1CCCCC1)C1CCCCC1)N(C1CCCCC1)C1CCCCC1. The molecule has 0 aliphatic heterocycles. The Morgan fingerprint density at radius 3 is 1.09 bits per heavy atom. The molecule has 0 atom stereocenters. The van der Waals surface area contributed by atoms with Crippen LogP contribution in [0.4, 0.5) is 0 Å². The van der Waals surface area contributed by atoms with Crippen molar-refractivity contribution in [3.8, 4) is 0 Å². The van der Waals surface area contributed by atoms with Crippen LogP contribution in [-0.2, 0) is 0 Å². The van der Waals surface area contributed by atoms with Crippen LogP contribution >= 0.6 is 0 Å². The molecule has 34 heavy (non-hydrogen) atoms. The summed E-state index contributed by atoms with van der Waals surface area (Å²) in [5.41, 5.74) is 0. The fourth-order valence-electron chi connectivity index (χ4n) is 8.47. The highest BCUT2D eigenvalue weighted by Crippen LogP contribution is 2.39. The molecule has 0 amide bonds. The fraction of sp³-hybridized carbons (Fsp3) is 1.00. The largest absolute Gasteiger partial charge is 0.282 e. The molecule has 198 valence electrons. The van der Waals surface area contributed by atoms with E-state index in [0.29, 0.717) is 0 Å². The second-order valence-electron chi connectivity index (χ2n) is 12.7. The second kappa shape index (κ2) is 15.2. The average Bonchev–Trinajstić information content (AvgIpc) is 2.91. The van der Waals surface area contributed by atoms with Gasteiger partial charge in [0.1, 0.15) is 0 Å². The summed E-state index contributed by atoms with van der Waals surface area (Å²) in [6.07, 6.45) is 39.2. The molecule has 4 fully saturated rings. The van der Waals surface area contributed by atoms with E-state index in [1.807, 2.05) is 0 Å². The van der Waals surface area contributed by atoms with E-state index in [1.54, 1.807) is 0 Å². The van der Waals surface area contributed by atoms with Crippen LogP contribution in [0.3, 0.4) is 0 Å². The van der Waals surface area contributed by atoms with E-state index in [9.17, 15) is 0 Å². The third-order valence-corrected chi connectivity index (χ3v) is 10.2. The van der Waals surface area contributed by atoms with E-state index in [2.05, 4.69) is 16.7 Å². The van der Waals surface area contributed by atoms with Crippen molar-refractivity contribution in [1.82, 2.24) is 9.80 Å². The third kappa shape index (κ3) is 7.71. The molecule has 0 radical (unpaired) electrons. The molecular weight excluding hydrogens is 412 g/mol. The summed E-state index contributed by atoms with van der Waals surface area (Å²) >= 11 is 0. The maximum atomic E-state index is 3.27. The lowest BCUT2D eigenvalue weighted by atomic mass is 9.84. The lowest BCUT2D eigenvalue weighted by molar-refractivity contribution is -0.0916. The highest BCUT2D eigenvalue weighted by atomic mass is 15.4. The highest BCUT2D eigenvalue weighted by Gasteiger charge is 2.41. The molecule has 4 saturated carbocycles. The molecular formula is C32H60N2. The standard InChI is InChI=1S/C32H60N2/c1-2-3-4-5-18-27-32(33(28-19-10-6-11-20-28)29-21-12-7-13-22-29)34(30-23-14-8-15-24-30)31-25-16-9-17-26-31/h28-32H,2-27H2,1H3. The van der Waals surface area contributed by atoms with Gasteiger partial charge in [-0.15, -0.1) is 0 Å². The van der Waals surface area contributed by atoms with Gasteiger partial charge in [0, 0.05) is 24.2 Å². The Balaban J connectivity index is 1.60. The zero-order chi connectivity index (χ0) is 23.4. The fourth-order valence-corrected chi connectivity index (χ4v) is 8.47. The van der Waals surface area contributed by atoms with Crippen LogP contribution in [0.2, 0.25) is 0 Å². The normalized spacial score (nSPS) is 25.1. The van der Waals surface area contributed by atoms with Crippen molar-refractivity contribution in [2.24, 2.45) is 0 Å². The Morgan fingerprint density at radius 1 is 0.441 bits per heavy atom. The number of unbranched alkanes of at least 4 members (excludes halogenated alkanes) is 4. The molecule has 0 aromatic heterocycles. The smallest absolute Gasteiger partial charge is 0.0632 e. The van der Waals surface area contributed by atoms with Gasteiger partial charge in [-0.25, -0.2) is 0 Å². The number of hydrogen-bond acceptors (Lipinski definition) is 2. The van der Waals surface area contributed by atoms with Crippen molar-refractivity contribution >= 4 is 0 Å². The molecule has 2 nitrogen and oxygen atoms in total. The molecule has 2 heteroatoms. The first-order valence-corrected chi connectivity index (χ1v) is 16.4. The Kier molecular flexibility index (Phi) is 12.1. The molecule has 0 saturated heterocycles. The first-order valence-electron chi connectivity index (χ1n) is 16.4. The summed E-state index contributed by atoms with van der Waals surface area (Å²) in [6.45, 7) is 2.37. The highest BCUT2D eigenvalue weighted by molar-refractivity contribution is 4.94. The van der Waals surface area contributed by atoms with E-state index in [1.165, 1.54) is 167 Å². The van der Waals surface area contributed by atoms with E-state index >= 15 is 0 Å². The van der Waals surface area contributed by atoms with Crippen LogP contribution in [-0.4, -0.2) is 40.1 Å². The minimum absolute atomic E-state index is 0.749. The average molecular weight is 473 g/mol. The van der Waals surface area contributed by atoms with Crippen LogP contribution < -0.4 is 0 Å². The summed E-state index contributed by atoms with van der Waals surface area (Å²) < 4.78 is 0. The maximum absolute atomic E-state index is 3.27. The van der Waals surface area contributed by atoms with E-state index in [4.69, 9.17) is 0 Å². The van der Waals surface area contributed by atoms with Crippen LogP contribution in [0.15, 0.2) is 0 Å². The van der Waals surface area contributed by atoms with Gasteiger partial charge in [0.05, 0.1) is 6.17 Å². The van der Waals surface area contributed by atoms with Gasteiger partial charge in [0.2, 0.25) is 0 Å². The molecule has 4 aliphatic rings. The van der Waals surface area contributed by atoms with E-state index in [0.717, 1.165) is 30.3 Å². The van der Waals surface area contributed by atoms with Crippen LogP contribution in [0, 0.1) is 0 Å². The quantitative estimate of drug-likeness (QED) is 0.206. The van der Waals surface area contributed by atoms with E-state index in [-0.39, 0.29) is 0 Å². The second-order valence-corrected chi connectivity index (χ2v) is 12.7. The molecule has 0 bridgehead atoms. The monoisotopic (exact) mass is 472 g/mol.